The van der Waals surface area contributed by atoms with Crippen molar-refractivity contribution in [2.45, 2.75) is 31.8 Å². The average Bonchev–Trinajstić information content (AvgIpc) is 3.24. The van der Waals surface area contributed by atoms with E-state index in [1.54, 1.807) is 12.1 Å². The predicted octanol–water partition coefficient (Wildman–Crippen LogP) is 3.99. The maximum absolute atomic E-state index is 13.1. The Balaban J connectivity index is 1.60. The number of nitrogens with one attached hydrogen (secondary N) is 1. The van der Waals surface area contributed by atoms with Crippen LogP contribution >= 0.6 is 0 Å². The summed E-state index contributed by atoms with van der Waals surface area (Å²) in [6.45, 7) is 1.56. The molecule has 1 N–H and O–H groups in total. The quantitative estimate of drug-likeness (QED) is 0.851. The summed E-state index contributed by atoms with van der Waals surface area (Å²) >= 11 is 0. The van der Waals surface area contributed by atoms with Gasteiger partial charge in [0.05, 0.1) is 0 Å². The summed E-state index contributed by atoms with van der Waals surface area (Å²) in [5.41, 5.74) is 3.85. The van der Waals surface area contributed by atoms with Gasteiger partial charge in [0.2, 0.25) is 0 Å². The molecule has 0 unspecified atom stereocenters. The normalized spacial score (nSPS) is 14.6. The number of benzene rings is 2. The van der Waals surface area contributed by atoms with Gasteiger partial charge in [-0.25, -0.2) is 4.39 Å². The maximum atomic E-state index is 13.1. The van der Waals surface area contributed by atoms with Gasteiger partial charge in [-0.15, -0.1) is 0 Å². The van der Waals surface area contributed by atoms with E-state index in [1.165, 1.54) is 30.0 Å². The topological polar surface area (TPSA) is 12.0 Å². The molecule has 1 saturated carbocycles. The summed E-state index contributed by atoms with van der Waals surface area (Å²) in [6.07, 6.45) is 2.64. The molecule has 1 fully saturated rings. The Bertz CT molecular complexity index is 561. The van der Waals surface area contributed by atoms with Crippen molar-refractivity contribution in [3.05, 3.63) is 71.0 Å². The number of hydrogen-bond donors (Lipinski definition) is 1. The van der Waals surface area contributed by atoms with E-state index in [0.29, 0.717) is 6.54 Å². The van der Waals surface area contributed by atoms with E-state index < -0.39 is 0 Å². The summed E-state index contributed by atoms with van der Waals surface area (Å²) < 4.78 is 13.1. The van der Waals surface area contributed by atoms with Gasteiger partial charge in [-0.1, -0.05) is 36.4 Å². The van der Waals surface area contributed by atoms with Crippen molar-refractivity contribution >= 4 is 0 Å². The van der Waals surface area contributed by atoms with Crippen LogP contribution in [0.15, 0.2) is 48.5 Å². The lowest BCUT2D eigenvalue weighted by molar-refractivity contribution is 0.620. The summed E-state index contributed by atoms with van der Waals surface area (Å²) in [5.74, 6) is 0.602. The molecule has 2 heteroatoms. The highest BCUT2D eigenvalue weighted by Crippen LogP contribution is 2.41. The SMILES string of the molecule is Fc1cccc(CNCc2ccccc2C2CC2)c1. The summed E-state index contributed by atoms with van der Waals surface area (Å²) in [7, 11) is 0. The molecule has 0 amide bonds. The number of halogens is 1. The fourth-order valence-corrected chi connectivity index (χ4v) is 2.48. The first-order valence-electron chi connectivity index (χ1n) is 6.86. The van der Waals surface area contributed by atoms with Crippen LogP contribution in [0.4, 0.5) is 4.39 Å². The lowest BCUT2D eigenvalue weighted by atomic mass is 10.0. The molecule has 3 rings (SSSR count). The van der Waals surface area contributed by atoms with Crippen LogP contribution in [0.1, 0.15) is 35.4 Å². The standard InChI is InChI=1S/C17H18FN/c18-16-6-3-4-13(10-16)11-19-12-15-5-1-2-7-17(15)14-8-9-14/h1-7,10,14,19H,8-9,11-12H2. The number of rotatable bonds is 5. The Kier molecular flexibility index (Phi) is 3.60. The van der Waals surface area contributed by atoms with Gasteiger partial charge in [0, 0.05) is 13.1 Å². The Hall–Kier alpha value is -1.67. The van der Waals surface area contributed by atoms with Crippen molar-refractivity contribution in [2.75, 3.05) is 0 Å². The fraction of sp³-hybridized carbons (Fsp3) is 0.294. The van der Waals surface area contributed by atoms with Crippen LogP contribution in [0.2, 0.25) is 0 Å². The predicted molar refractivity (Wildman–Crippen MR) is 75.4 cm³/mol. The molecule has 0 saturated heterocycles. The molecule has 2 aromatic rings. The maximum Gasteiger partial charge on any atom is 0.123 e. The Labute approximate surface area is 113 Å². The Morgan fingerprint density at radius 2 is 1.84 bits per heavy atom. The molecule has 0 radical (unpaired) electrons. The lowest BCUT2D eigenvalue weighted by Gasteiger charge is -2.10. The van der Waals surface area contributed by atoms with E-state index >= 15 is 0 Å². The van der Waals surface area contributed by atoms with E-state index in [4.69, 9.17) is 0 Å². The van der Waals surface area contributed by atoms with Gasteiger partial charge in [0.1, 0.15) is 5.82 Å². The molecule has 1 nitrogen and oxygen atoms in total. The Morgan fingerprint density at radius 3 is 2.63 bits per heavy atom. The first-order valence-corrected chi connectivity index (χ1v) is 6.86. The third-order valence-corrected chi connectivity index (χ3v) is 3.61. The smallest absolute Gasteiger partial charge is 0.123 e. The molecular weight excluding hydrogens is 237 g/mol. The molecule has 0 bridgehead atoms. The lowest BCUT2D eigenvalue weighted by Crippen LogP contribution is -2.14. The van der Waals surface area contributed by atoms with E-state index in [2.05, 4.69) is 29.6 Å². The van der Waals surface area contributed by atoms with Crippen molar-refractivity contribution in [1.82, 2.24) is 5.32 Å². The van der Waals surface area contributed by atoms with Crippen molar-refractivity contribution in [1.29, 1.82) is 0 Å². The van der Waals surface area contributed by atoms with Crippen LogP contribution in [-0.4, -0.2) is 0 Å². The zero-order valence-corrected chi connectivity index (χ0v) is 10.9. The summed E-state index contributed by atoms with van der Waals surface area (Å²) in [6, 6.07) is 15.4. The summed E-state index contributed by atoms with van der Waals surface area (Å²) in [4.78, 5) is 0. The van der Waals surface area contributed by atoms with Gasteiger partial charge in [-0.05, 0) is 47.6 Å². The van der Waals surface area contributed by atoms with Gasteiger partial charge in [-0.2, -0.15) is 0 Å². The third-order valence-electron chi connectivity index (χ3n) is 3.61. The highest BCUT2D eigenvalue weighted by molar-refractivity contribution is 5.33. The first-order chi connectivity index (χ1) is 9.33. The van der Waals surface area contributed by atoms with Crippen molar-refractivity contribution in [3.63, 3.8) is 0 Å². The van der Waals surface area contributed by atoms with Crippen molar-refractivity contribution in [3.8, 4) is 0 Å². The van der Waals surface area contributed by atoms with Crippen LogP contribution < -0.4 is 5.32 Å². The van der Waals surface area contributed by atoms with Crippen LogP contribution in [0.5, 0.6) is 0 Å². The van der Waals surface area contributed by atoms with Crippen molar-refractivity contribution < 1.29 is 4.39 Å². The average molecular weight is 255 g/mol. The van der Waals surface area contributed by atoms with Gasteiger partial charge in [0.15, 0.2) is 0 Å². The molecule has 1 aliphatic rings. The molecule has 0 atom stereocenters. The second-order valence-corrected chi connectivity index (χ2v) is 5.21. The van der Waals surface area contributed by atoms with Gasteiger partial charge < -0.3 is 5.32 Å². The molecule has 19 heavy (non-hydrogen) atoms. The minimum absolute atomic E-state index is 0.169. The van der Waals surface area contributed by atoms with Gasteiger partial charge in [-0.3, -0.25) is 0 Å². The highest BCUT2D eigenvalue weighted by atomic mass is 19.1. The first kappa shape index (κ1) is 12.4. The molecular formula is C17H18FN. The number of hydrogen-bond acceptors (Lipinski definition) is 1. The zero-order valence-electron chi connectivity index (χ0n) is 10.9. The zero-order chi connectivity index (χ0) is 13.1. The molecule has 98 valence electrons. The van der Waals surface area contributed by atoms with E-state index in [9.17, 15) is 4.39 Å². The molecule has 1 aliphatic carbocycles. The minimum Gasteiger partial charge on any atom is -0.309 e. The minimum atomic E-state index is -0.169. The molecule has 0 heterocycles. The highest BCUT2D eigenvalue weighted by Gasteiger charge is 2.25. The fourth-order valence-electron chi connectivity index (χ4n) is 2.48. The molecule has 0 spiro atoms. The van der Waals surface area contributed by atoms with E-state index in [0.717, 1.165) is 18.0 Å². The molecule has 2 aromatic carbocycles. The van der Waals surface area contributed by atoms with Crippen LogP contribution in [0, 0.1) is 5.82 Å². The monoisotopic (exact) mass is 255 g/mol. The Morgan fingerprint density at radius 1 is 1.00 bits per heavy atom. The third kappa shape index (κ3) is 3.21. The van der Waals surface area contributed by atoms with Crippen molar-refractivity contribution in [2.24, 2.45) is 0 Å². The van der Waals surface area contributed by atoms with Crippen LogP contribution in [0.25, 0.3) is 0 Å². The largest absolute Gasteiger partial charge is 0.309 e. The van der Waals surface area contributed by atoms with Gasteiger partial charge in [0.25, 0.3) is 0 Å². The van der Waals surface area contributed by atoms with Gasteiger partial charge >= 0.3 is 0 Å². The second-order valence-electron chi connectivity index (χ2n) is 5.21. The van der Waals surface area contributed by atoms with Crippen LogP contribution in [-0.2, 0) is 13.1 Å². The molecule has 0 aliphatic heterocycles. The summed E-state index contributed by atoms with van der Waals surface area (Å²) in [5, 5.41) is 3.40. The van der Waals surface area contributed by atoms with Crippen LogP contribution in [0.3, 0.4) is 0 Å². The van der Waals surface area contributed by atoms with E-state index in [1.807, 2.05) is 6.07 Å². The second kappa shape index (κ2) is 5.54. The van der Waals surface area contributed by atoms with E-state index in [-0.39, 0.29) is 5.82 Å². The molecule has 0 aromatic heterocycles.